The van der Waals surface area contributed by atoms with Crippen molar-refractivity contribution in [2.75, 3.05) is 0 Å². The van der Waals surface area contributed by atoms with Crippen molar-refractivity contribution in [1.29, 1.82) is 5.41 Å². The summed E-state index contributed by atoms with van der Waals surface area (Å²) in [5.74, 6) is 0.0163. The van der Waals surface area contributed by atoms with Crippen molar-refractivity contribution in [2.45, 2.75) is 9.92 Å². The predicted octanol–water partition coefficient (Wildman–Crippen LogP) is 3.17. The molecule has 0 radical (unpaired) electrons. The normalized spacial score (nSPS) is 10.2. The zero-order chi connectivity index (χ0) is 12.3. The number of benzene rings is 1. The van der Waals surface area contributed by atoms with E-state index in [2.05, 4.69) is 4.98 Å². The molecule has 5 heteroatoms. The van der Waals surface area contributed by atoms with Gasteiger partial charge in [0.15, 0.2) is 0 Å². The highest BCUT2D eigenvalue weighted by atomic mass is 35.5. The summed E-state index contributed by atoms with van der Waals surface area (Å²) in [5, 5.41) is 8.87. The Morgan fingerprint density at radius 2 is 2.12 bits per heavy atom. The summed E-state index contributed by atoms with van der Waals surface area (Å²) in [6, 6.07) is 11.0. The lowest BCUT2D eigenvalue weighted by Gasteiger charge is -2.06. The van der Waals surface area contributed by atoms with Crippen LogP contribution in [0.4, 0.5) is 0 Å². The highest BCUT2D eigenvalue weighted by Gasteiger charge is 2.07. The van der Waals surface area contributed by atoms with Crippen LogP contribution >= 0.6 is 23.4 Å². The minimum absolute atomic E-state index is 0.0163. The summed E-state index contributed by atoms with van der Waals surface area (Å²) < 4.78 is 0. The van der Waals surface area contributed by atoms with E-state index in [-0.39, 0.29) is 5.84 Å². The molecule has 3 N–H and O–H groups in total. The lowest BCUT2D eigenvalue weighted by atomic mass is 10.3. The Kier molecular flexibility index (Phi) is 3.66. The summed E-state index contributed by atoms with van der Waals surface area (Å²) in [7, 11) is 0. The average molecular weight is 264 g/mol. The Morgan fingerprint density at radius 1 is 1.29 bits per heavy atom. The highest BCUT2D eigenvalue weighted by molar-refractivity contribution is 7.99. The molecule has 0 saturated carbocycles. The van der Waals surface area contributed by atoms with Crippen molar-refractivity contribution >= 4 is 29.2 Å². The van der Waals surface area contributed by atoms with Gasteiger partial charge in [0.25, 0.3) is 0 Å². The van der Waals surface area contributed by atoms with Crippen LogP contribution < -0.4 is 5.73 Å². The summed E-state index contributed by atoms with van der Waals surface area (Å²) in [6.45, 7) is 0. The maximum absolute atomic E-state index is 7.48. The lowest BCUT2D eigenvalue weighted by molar-refractivity contribution is 1.11. The molecule has 3 nitrogen and oxygen atoms in total. The van der Waals surface area contributed by atoms with Crippen LogP contribution in [0, 0.1) is 5.41 Å². The molecule has 0 bridgehead atoms. The first-order valence-electron chi connectivity index (χ1n) is 4.89. The van der Waals surface area contributed by atoms with Gasteiger partial charge in [-0.3, -0.25) is 5.41 Å². The smallest absolute Gasteiger partial charge is 0.125 e. The standard InChI is InChI=1S/C12H10ClN3S/c13-8-3-1-4-9(7-8)17-12-10(11(14)15)5-2-6-16-12/h1-7H,(H3,14,15). The summed E-state index contributed by atoms with van der Waals surface area (Å²) in [6.07, 6.45) is 1.68. The van der Waals surface area contributed by atoms with Crippen molar-refractivity contribution in [3.8, 4) is 0 Å². The quantitative estimate of drug-likeness (QED) is 0.660. The molecule has 2 aromatic rings. The molecule has 1 aromatic carbocycles. The maximum atomic E-state index is 7.48. The molecule has 0 spiro atoms. The second-order valence-electron chi connectivity index (χ2n) is 3.33. The largest absolute Gasteiger partial charge is 0.384 e. The summed E-state index contributed by atoms with van der Waals surface area (Å²) in [4.78, 5) is 5.19. The molecular formula is C12H10ClN3S. The first kappa shape index (κ1) is 12.0. The fourth-order valence-electron chi connectivity index (χ4n) is 1.32. The number of nitrogens with one attached hydrogen (secondary N) is 1. The van der Waals surface area contributed by atoms with Crippen LogP contribution in [0.5, 0.6) is 0 Å². The van der Waals surface area contributed by atoms with E-state index in [1.165, 1.54) is 11.8 Å². The Labute approximate surface area is 109 Å². The van der Waals surface area contributed by atoms with E-state index in [0.717, 1.165) is 4.90 Å². The number of amidine groups is 1. The van der Waals surface area contributed by atoms with Crippen LogP contribution in [0.1, 0.15) is 5.56 Å². The van der Waals surface area contributed by atoms with Crippen LogP contribution in [0.2, 0.25) is 5.02 Å². The summed E-state index contributed by atoms with van der Waals surface area (Å²) >= 11 is 7.35. The minimum Gasteiger partial charge on any atom is -0.384 e. The minimum atomic E-state index is 0.0163. The molecule has 1 aromatic heterocycles. The number of halogens is 1. The fraction of sp³-hybridized carbons (Fsp3) is 0. The number of pyridine rings is 1. The van der Waals surface area contributed by atoms with Gasteiger partial charge in [0.05, 0.1) is 0 Å². The van der Waals surface area contributed by atoms with Crippen molar-refractivity contribution in [2.24, 2.45) is 5.73 Å². The Balaban J connectivity index is 2.33. The number of nitrogen functional groups attached to an aromatic ring is 1. The predicted molar refractivity (Wildman–Crippen MR) is 70.8 cm³/mol. The molecule has 0 fully saturated rings. The van der Waals surface area contributed by atoms with Gasteiger partial charge in [0.2, 0.25) is 0 Å². The molecule has 17 heavy (non-hydrogen) atoms. The third kappa shape index (κ3) is 2.99. The number of aromatic nitrogens is 1. The van der Waals surface area contributed by atoms with E-state index < -0.39 is 0 Å². The van der Waals surface area contributed by atoms with Crippen molar-refractivity contribution in [3.05, 3.63) is 53.2 Å². The van der Waals surface area contributed by atoms with Gasteiger partial charge in [-0.2, -0.15) is 0 Å². The van der Waals surface area contributed by atoms with Gasteiger partial charge in [0.1, 0.15) is 10.9 Å². The van der Waals surface area contributed by atoms with E-state index in [9.17, 15) is 0 Å². The molecule has 0 aliphatic carbocycles. The molecule has 0 atom stereocenters. The van der Waals surface area contributed by atoms with E-state index >= 15 is 0 Å². The van der Waals surface area contributed by atoms with Crippen LogP contribution in [0.25, 0.3) is 0 Å². The Hall–Kier alpha value is -1.52. The lowest BCUT2D eigenvalue weighted by Crippen LogP contribution is -2.12. The molecule has 0 aliphatic heterocycles. The van der Waals surface area contributed by atoms with Gasteiger partial charge in [0, 0.05) is 21.7 Å². The number of nitrogens with zero attached hydrogens (tertiary/aromatic N) is 1. The van der Waals surface area contributed by atoms with Gasteiger partial charge in [-0.15, -0.1) is 0 Å². The molecule has 0 amide bonds. The van der Waals surface area contributed by atoms with Gasteiger partial charge < -0.3 is 5.73 Å². The van der Waals surface area contributed by atoms with Gasteiger partial charge in [-0.1, -0.05) is 29.4 Å². The average Bonchev–Trinajstić information content (AvgIpc) is 2.29. The van der Waals surface area contributed by atoms with Crippen molar-refractivity contribution < 1.29 is 0 Å². The van der Waals surface area contributed by atoms with Gasteiger partial charge >= 0.3 is 0 Å². The molecule has 0 saturated heterocycles. The first-order valence-corrected chi connectivity index (χ1v) is 6.09. The number of rotatable bonds is 3. The molecule has 2 rings (SSSR count). The Bertz CT molecular complexity index is 557. The molecule has 1 heterocycles. The number of hydrogen-bond donors (Lipinski definition) is 2. The molecule has 0 unspecified atom stereocenters. The van der Waals surface area contributed by atoms with E-state index in [0.29, 0.717) is 15.6 Å². The van der Waals surface area contributed by atoms with Crippen LogP contribution in [-0.2, 0) is 0 Å². The first-order chi connectivity index (χ1) is 8.16. The van der Waals surface area contributed by atoms with E-state index in [1.54, 1.807) is 18.3 Å². The van der Waals surface area contributed by atoms with Crippen molar-refractivity contribution in [1.82, 2.24) is 4.98 Å². The molecule has 86 valence electrons. The van der Waals surface area contributed by atoms with Crippen LogP contribution in [-0.4, -0.2) is 10.8 Å². The maximum Gasteiger partial charge on any atom is 0.125 e. The molecular weight excluding hydrogens is 254 g/mol. The second kappa shape index (κ2) is 5.21. The number of nitrogens with two attached hydrogens (primary N) is 1. The topological polar surface area (TPSA) is 62.8 Å². The zero-order valence-corrected chi connectivity index (χ0v) is 10.4. The monoisotopic (exact) mass is 263 g/mol. The third-order valence-corrected chi connectivity index (χ3v) is 3.32. The van der Waals surface area contributed by atoms with Crippen LogP contribution in [0.3, 0.4) is 0 Å². The number of hydrogen-bond acceptors (Lipinski definition) is 3. The highest BCUT2D eigenvalue weighted by Crippen LogP contribution is 2.29. The van der Waals surface area contributed by atoms with Gasteiger partial charge in [-0.05, 0) is 30.3 Å². The van der Waals surface area contributed by atoms with Gasteiger partial charge in [-0.25, -0.2) is 4.98 Å². The zero-order valence-electron chi connectivity index (χ0n) is 8.85. The van der Waals surface area contributed by atoms with E-state index in [4.69, 9.17) is 22.7 Å². The SMILES string of the molecule is N=C(N)c1cccnc1Sc1cccc(Cl)c1. The van der Waals surface area contributed by atoms with Crippen LogP contribution in [0.15, 0.2) is 52.5 Å². The van der Waals surface area contributed by atoms with Crippen molar-refractivity contribution in [3.63, 3.8) is 0 Å². The Morgan fingerprint density at radius 3 is 2.82 bits per heavy atom. The van der Waals surface area contributed by atoms with E-state index in [1.807, 2.05) is 24.3 Å². The molecule has 0 aliphatic rings. The second-order valence-corrected chi connectivity index (χ2v) is 4.83. The third-order valence-electron chi connectivity index (χ3n) is 2.07. The summed E-state index contributed by atoms with van der Waals surface area (Å²) in [5.41, 5.74) is 6.14. The fourth-order valence-corrected chi connectivity index (χ4v) is 2.53.